The molecule has 0 aliphatic rings. The highest BCUT2D eigenvalue weighted by Crippen LogP contribution is 2.08. The van der Waals surface area contributed by atoms with Crippen LogP contribution in [0.3, 0.4) is 0 Å². The van der Waals surface area contributed by atoms with E-state index in [-0.39, 0.29) is 44.2 Å². The maximum Gasteiger partial charge on any atom is 0.326 e. The van der Waals surface area contributed by atoms with Crippen molar-refractivity contribution < 1.29 is 44.1 Å². The minimum Gasteiger partial charge on any atom is -0.480 e. The molecular formula is C26H49N9O9. The van der Waals surface area contributed by atoms with Gasteiger partial charge in [0, 0.05) is 6.54 Å². The van der Waals surface area contributed by atoms with Crippen molar-refractivity contribution in [3.63, 3.8) is 0 Å². The van der Waals surface area contributed by atoms with Gasteiger partial charge in [-0.2, -0.15) is 0 Å². The fourth-order valence-electron chi connectivity index (χ4n) is 3.88. The lowest BCUT2D eigenvalue weighted by Crippen LogP contribution is -2.62. The van der Waals surface area contributed by atoms with E-state index in [0.717, 1.165) is 0 Å². The van der Waals surface area contributed by atoms with E-state index in [9.17, 15) is 44.1 Å². The SMILES string of the molecule is CC(C)C[C@H](NC(=O)[C@H](CO)NC(=O)[C@@H](NC(=O)[C@H](CCCN=C(N)N)NC(=O)[C@@H](NC(=O)CN)C(C)C)[C@@H](C)O)C(=O)O. The number of carbonyl (C=O) groups is 6. The maximum atomic E-state index is 13.3. The van der Waals surface area contributed by atoms with Crippen molar-refractivity contribution in [2.45, 2.75) is 90.2 Å². The van der Waals surface area contributed by atoms with Gasteiger partial charge in [-0.3, -0.25) is 29.0 Å². The highest BCUT2D eigenvalue weighted by molar-refractivity contribution is 5.96. The summed E-state index contributed by atoms with van der Waals surface area (Å²) in [6, 6.07) is -6.89. The number of hydrogen-bond donors (Lipinski definition) is 11. The molecule has 0 spiro atoms. The molecule has 18 nitrogen and oxygen atoms in total. The van der Waals surface area contributed by atoms with E-state index in [2.05, 4.69) is 31.6 Å². The number of hydrogen-bond acceptors (Lipinski definition) is 10. The number of aliphatic hydroxyl groups is 2. The Labute approximate surface area is 256 Å². The summed E-state index contributed by atoms with van der Waals surface area (Å²) < 4.78 is 0. The molecule has 18 heteroatoms. The van der Waals surface area contributed by atoms with Crippen LogP contribution in [0.5, 0.6) is 0 Å². The molecule has 0 fully saturated rings. The number of carbonyl (C=O) groups excluding carboxylic acids is 5. The molecule has 0 aromatic carbocycles. The van der Waals surface area contributed by atoms with Crippen LogP contribution in [0.2, 0.25) is 0 Å². The number of aliphatic hydroxyl groups excluding tert-OH is 2. The highest BCUT2D eigenvalue weighted by atomic mass is 16.4. The van der Waals surface area contributed by atoms with E-state index in [1.807, 2.05) is 0 Å². The summed E-state index contributed by atoms with van der Waals surface area (Å²) >= 11 is 0. The fourth-order valence-corrected chi connectivity index (χ4v) is 3.88. The summed E-state index contributed by atoms with van der Waals surface area (Å²) in [6.45, 7) is 6.83. The van der Waals surface area contributed by atoms with Gasteiger partial charge >= 0.3 is 5.97 Å². The largest absolute Gasteiger partial charge is 0.480 e. The molecule has 0 saturated heterocycles. The summed E-state index contributed by atoms with van der Waals surface area (Å²) in [5.74, 6) is -6.25. The van der Waals surface area contributed by atoms with Gasteiger partial charge in [0.15, 0.2) is 5.96 Å². The number of nitrogens with two attached hydrogens (primary N) is 3. The van der Waals surface area contributed by atoms with Crippen molar-refractivity contribution in [1.82, 2.24) is 26.6 Å². The van der Waals surface area contributed by atoms with Gasteiger partial charge in [0.2, 0.25) is 29.5 Å². The number of guanidine groups is 1. The first-order chi connectivity index (χ1) is 20.4. The Hall–Kier alpha value is -4.03. The van der Waals surface area contributed by atoms with Gasteiger partial charge in [-0.25, -0.2) is 4.79 Å². The molecule has 44 heavy (non-hydrogen) atoms. The van der Waals surface area contributed by atoms with Gasteiger partial charge < -0.3 is 59.1 Å². The topological polar surface area (TPSA) is 314 Å². The molecule has 0 aliphatic carbocycles. The lowest BCUT2D eigenvalue weighted by Gasteiger charge is -2.28. The van der Waals surface area contributed by atoms with Crippen molar-refractivity contribution >= 4 is 41.5 Å². The third-order valence-corrected chi connectivity index (χ3v) is 6.23. The number of rotatable bonds is 20. The van der Waals surface area contributed by atoms with Crippen LogP contribution in [0.25, 0.3) is 0 Å². The monoisotopic (exact) mass is 631 g/mol. The van der Waals surface area contributed by atoms with Crippen LogP contribution >= 0.6 is 0 Å². The highest BCUT2D eigenvalue weighted by Gasteiger charge is 2.34. The van der Waals surface area contributed by atoms with Gasteiger partial charge in [-0.05, 0) is 38.0 Å². The zero-order chi connectivity index (χ0) is 34.1. The standard InChI is InChI=1S/C26H49N9O9/c1-12(2)9-16(25(43)44)32-22(40)17(11-36)33-24(42)20(14(5)37)35-21(39)15(7-6-8-30-26(28)29)31-23(41)19(13(3)4)34-18(38)10-27/h12-17,19-20,36-37H,6-11,27H2,1-5H3,(H,31,41)(H,32,40)(H,33,42)(H,34,38)(H,35,39)(H,43,44)(H4,28,29,30)/t14-,15+,16+,17+,19+,20+/m1/s1. The summed E-state index contributed by atoms with van der Waals surface area (Å²) in [6.07, 6.45) is -1.24. The molecule has 6 atom stereocenters. The fraction of sp³-hybridized carbons (Fsp3) is 0.731. The zero-order valence-corrected chi connectivity index (χ0v) is 25.8. The first-order valence-corrected chi connectivity index (χ1v) is 14.2. The van der Waals surface area contributed by atoms with Crippen LogP contribution in [0.1, 0.15) is 53.9 Å². The second-order valence-electron chi connectivity index (χ2n) is 11.0. The smallest absolute Gasteiger partial charge is 0.326 e. The lowest BCUT2D eigenvalue weighted by molar-refractivity contribution is -0.143. The average Bonchev–Trinajstić information content (AvgIpc) is 2.92. The van der Waals surface area contributed by atoms with Crippen molar-refractivity contribution in [2.75, 3.05) is 19.7 Å². The molecule has 14 N–H and O–H groups in total. The molecule has 5 amide bonds. The summed E-state index contributed by atoms with van der Waals surface area (Å²) in [5.41, 5.74) is 16.0. The Bertz CT molecular complexity index is 1020. The van der Waals surface area contributed by atoms with Crippen LogP contribution in [0.4, 0.5) is 0 Å². The third-order valence-electron chi connectivity index (χ3n) is 6.23. The molecule has 0 heterocycles. The first-order valence-electron chi connectivity index (χ1n) is 14.2. The Balaban J connectivity index is 5.88. The van der Waals surface area contributed by atoms with Crippen molar-refractivity contribution in [1.29, 1.82) is 0 Å². The van der Waals surface area contributed by atoms with Gasteiger partial charge in [0.05, 0.1) is 19.3 Å². The van der Waals surface area contributed by atoms with Crippen molar-refractivity contribution in [3.05, 3.63) is 0 Å². The zero-order valence-electron chi connectivity index (χ0n) is 25.8. The Morgan fingerprint density at radius 2 is 1.27 bits per heavy atom. The third kappa shape index (κ3) is 14.9. The van der Waals surface area contributed by atoms with Crippen molar-refractivity contribution in [2.24, 2.45) is 34.0 Å². The maximum absolute atomic E-state index is 13.3. The Morgan fingerprint density at radius 3 is 1.73 bits per heavy atom. The Kier molecular flexibility index (Phi) is 18.2. The van der Waals surface area contributed by atoms with E-state index < -0.39 is 84.3 Å². The molecule has 0 unspecified atom stereocenters. The summed E-state index contributed by atoms with van der Waals surface area (Å²) in [4.78, 5) is 79.2. The average molecular weight is 632 g/mol. The number of nitrogens with one attached hydrogen (secondary N) is 5. The van der Waals surface area contributed by atoms with Crippen LogP contribution < -0.4 is 43.8 Å². The second kappa shape index (κ2) is 20.0. The van der Waals surface area contributed by atoms with Crippen molar-refractivity contribution in [3.8, 4) is 0 Å². The van der Waals surface area contributed by atoms with Gasteiger partial charge in [-0.1, -0.05) is 27.7 Å². The Morgan fingerprint density at radius 1 is 0.750 bits per heavy atom. The molecule has 0 bridgehead atoms. The van der Waals surface area contributed by atoms with E-state index in [1.165, 1.54) is 6.92 Å². The van der Waals surface area contributed by atoms with E-state index in [1.54, 1.807) is 27.7 Å². The molecule has 0 rings (SSSR count). The molecule has 0 saturated carbocycles. The summed E-state index contributed by atoms with van der Waals surface area (Å²) in [5, 5.41) is 41.2. The molecule has 0 aromatic heterocycles. The van der Waals surface area contributed by atoms with Crippen LogP contribution in [0, 0.1) is 11.8 Å². The lowest BCUT2D eigenvalue weighted by atomic mass is 10.0. The van der Waals surface area contributed by atoms with Gasteiger partial charge in [0.25, 0.3) is 0 Å². The molecule has 0 aliphatic heterocycles. The minimum atomic E-state index is -1.66. The predicted molar refractivity (Wildman–Crippen MR) is 159 cm³/mol. The van der Waals surface area contributed by atoms with Gasteiger partial charge in [-0.15, -0.1) is 0 Å². The molecule has 0 aromatic rings. The number of amides is 5. The van der Waals surface area contributed by atoms with Crippen LogP contribution in [-0.2, 0) is 28.8 Å². The number of carboxylic acid groups (broad SMARTS) is 1. The number of aliphatic carboxylic acids is 1. The number of nitrogens with zero attached hydrogens (tertiary/aromatic N) is 1. The predicted octanol–water partition coefficient (Wildman–Crippen LogP) is -4.42. The minimum absolute atomic E-state index is 0.0216. The van der Waals surface area contributed by atoms with E-state index >= 15 is 0 Å². The second-order valence-corrected chi connectivity index (χ2v) is 11.0. The number of aliphatic imine (C=N–C) groups is 1. The van der Waals surface area contributed by atoms with E-state index in [0.29, 0.717) is 0 Å². The normalized spacial score (nSPS) is 15.1. The van der Waals surface area contributed by atoms with E-state index in [4.69, 9.17) is 17.2 Å². The molecule has 252 valence electrons. The summed E-state index contributed by atoms with van der Waals surface area (Å²) in [7, 11) is 0. The first kappa shape index (κ1) is 40.0. The van der Waals surface area contributed by atoms with Crippen LogP contribution in [-0.4, -0.2) is 113 Å². The quantitative estimate of drug-likeness (QED) is 0.0345. The van der Waals surface area contributed by atoms with Crippen LogP contribution in [0.15, 0.2) is 4.99 Å². The molecule has 0 radical (unpaired) electrons. The van der Waals surface area contributed by atoms with Gasteiger partial charge in [0.1, 0.15) is 30.2 Å². The molecular weight excluding hydrogens is 582 g/mol. The number of carboxylic acids is 1.